The highest BCUT2D eigenvalue weighted by Crippen LogP contribution is 2.30. The molecule has 0 aliphatic heterocycles. The lowest BCUT2D eigenvalue weighted by Gasteiger charge is -2.08. The summed E-state index contributed by atoms with van der Waals surface area (Å²) in [5.41, 5.74) is 4.34. The van der Waals surface area contributed by atoms with Crippen molar-refractivity contribution in [2.45, 2.75) is 0 Å². The van der Waals surface area contributed by atoms with Crippen molar-refractivity contribution in [3.05, 3.63) is 94.1 Å². The Morgan fingerprint density at radius 1 is 0.846 bits per heavy atom. The van der Waals surface area contributed by atoms with E-state index in [0.717, 1.165) is 21.6 Å². The van der Waals surface area contributed by atoms with E-state index in [1.54, 1.807) is 0 Å². The summed E-state index contributed by atoms with van der Waals surface area (Å²) in [6.45, 7) is 0. The van der Waals surface area contributed by atoms with Gasteiger partial charge in [0.2, 0.25) is 0 Å². The first-order chi connectivity index (χ1) is 12.8. The van der Waals surface area contributed by atoms with Crippen LogP contribution in [0, 0.1) is 11.3 Å². The summed E-state index contributed by atoms with van der Waals surface area (Å²) in [6, 6.07) is 25.9. The fourth-order valence-corrected chi connectivity index (χ4v) is 3.67. The van der Waals surface area contributed by atoms with Crippen molar-refractivity contribution in [3.8, 4) is 38.9 Å². The molecular formula is C22H14N2OS. The van der Waals surface area contributed by atoms with E-state index in [1.807, 2.05) is 72.1 Å². The van der Waals surface area contributed by atoms with Crippen LogP contribution in [0.1, 0.15) is 5.56 Å². The van der Waals surface area contributed by atoms with E-state index in [2.05, 4.69) is 17.1 Å². The highest BCUT2D eigenvalue weighted by molar-refractivity contribution is 7.13. The van der Waals surface area contributed by atoms with Gasteiger partial charge in [0, 0.05) is 16.1 Å². The number of hydrogen-bond donors (Lipinski definition) is 1. The molecule has 0 unspecified atom stereocenters. The van der Waals surface area contributed by atoms with E-state index in [1.165, 1.54) is 11.3 Å². The van der Waals surface area contributed by atoms with E-state index >= 15 is 0 Å². The van der Waals surface area contributed by atoms with Crippen LogP contribution in [0.15, 0.2) is 83.0 Å². The number of nitrogens with zero attached hydrogens (tertiary/aromatic N) is 1. The number of benzene rings is 2. The molecule has 4 heteroatoms. The molecule has 26 heavy (non-hydrogen) atoms. The first kappa shape index (κ1) is 16.1. The third-order valence-electron chi connectivity index (χ3n) is 4.23. The number of aromatic nitrogens is 1. The van der Waals surface area contributed by atoms with Gasteiger partial charge in [-0.1, -0.05) is 60.7 Å². The number of hydrogen-bond acceptors (Lipinski definition) is 3. The zero-order valence-electron chi connectivity index (χ0n) is 13.8. The van der Waals surface area contributed by atoms with Gasteiger partial charge in [0.05, 0.1) is 0 Å². The zero-order chi connectivity index (χ0) is 17.9. The molecule has 0 spiro atoms. The van der Waals surface area contributed by atoms with Gasteiger partial charge in [0.1, 0.15) is 11.6 Å². The molecule has 1 N–H and O–H groups in total. The molecule has 4 rings (SSSR count). The highest BCUT2D eigenvalue weighted by Gasteiger charge is 2.13. The number of aromatic amines is 1. The van der Waals surface area contributed by atoms with Crippen LogP contribution in [-0.4, -0.2) is 4.98 Å². The molecule has 3 nitrogen and oxygen atoms in total. The molecule has 0 atom stereocenters. The van der Waals surface area contributed by atoms with Crippen LogP contribution in [0.25, 0.3) is 32.8 Å². The zero-order valence-corrected chi connectivity index (χ0v) is 14.6. The molecule has 4 aromatic rings. The second-order valence-corrected chi connectivity index (χ2v) is 6.78. The number of pyridine rings is 1. The number of nitriles is 1. The molecule has 0 amide bonds. The van der Waals surface area contributed by atoms with Gasteiger partial charge in [0.15, 0.2) is 0 Å². The van der Waals surface area contributed by atoms with Gasteiger partial charge >= 0.3 is 0 Å². The minimum atomic E-state index is -0.361. The minimum absolute atomic E-state index is 0.150. The van der Waals surface area contributed by atoms with Gasteiger partial charge in [-0.25, -0.2) is 0 Å². The SMILES string of the molecule is N#Cc1c(-c2cccs2)cc(-c2ccc(-c3ccccc3)cc2)[nH]c1=O. The molecule has 0 aliphatic rings. The van der Waals surface area contributed by atoms with Crippen LogP contribution in [0.3, 0.4) is 0 Å². The summed E-state index contributed by atoms with van der Waals surface area (Å²) < 4.78 is 0. The summed E-state index contributed by atoms with van der Waals surface area (Å²) in [7, 11) is 0. The molecule has 2 aromatic carbocycles. The first-order valence-corrected chi connectivity index (χ1v) is 9.01. The number of H-pyrrole nitrogens is 1. The smallest absolute Gasteiger partial charge is 0.267 e. The molecule has 0 aliphatic carbocycles. The van der Waals surface area contributed by atoms with Crippen molar-refractivity contribution < 1.29 is 0 Å². The summed E-state index contributed by atoms with van der Waals surface area (Å²) >= 11 is 1.51. The maximum atomic E-state index is 12.4. The summed E-state index contributed by atoms with van der Waals surface area (Å²) in [4.78, 5) is 16.1. The fraction of sp³-hybridized carbons (Fsp3) is 0. The highest BCUT2D eigenvalue weighted by atomic mass is 32.1. The van der Waals surface area contributed by atoms with E-state index in [0.29, 0.717) is 11.3 Å². The normalized spacial score (nSPS) is 10.4. The predicted octanol–water partition coefficient (Wildman–Crippen LogP) is 5.31. The quantitative estimate of drug-likeness (QED) is 0.542. The summed E-state index contributed by atoms with van der Waals surface area (Å²) in [5.74, 6) is 0. The Labute approximate surface area is 154 Å². The van der Waals surface area contributed by atoms with E-state index in [9.17, 15) is 10.1 Å². The van der Waals surface area contributed by atoms with Crippen molar-refractivity contribution in [3.63, 3.8) is 0 Å². The van der Waals surface area contributed by atoms with Crippen LogP contribution < -0.4 is 5.56 Å². The van der Waals surface area contributed by atoms with Gasteiger partial charge < -0.3 is 4.98 Å². The second-order valence-electron chi connectivity index (χ2n) is 5.83. The second kappa shape index (κ2) is 6.83. The molecule has 0 radical (unpaired) electrons. The fourth-order valence-electron chi connectivity index (χ4n) is 2.93. The Morgan fingerprint density at radius 3 is 2.19 bits per heavy atom. The number of rotatable bonds is 3. The molecule has 0 saturated heterocycles. The number of thiophene rings is 1. The molecule has 2 aromatic heterocycles. The van der Waals surface area contributed by atoms with Gasteiger partial charge in [0.25, 0.3) is 5.56 Å². The third-order valence-corrected chi connectivity index (χ3v) is 5.14. The Bertz CT molecular complexity index is 1140. The number of nitrogens with one attached hydrogen (secondary N) is 1. The molecule has 0 bridgehead atoms. The molecule has 0 saturated carbocycles. The van der Waals surface area contributed by atoms with Crippen molar-refractivity contribution in [1.82, 2.24) is 4.98 Å². The standard InChI is InChI=1S/C22H14N2OS/c23-14-19-18(21-7-4-12-26-21)13-20(24-22(19)25)17-10-8-16(9-11-17)15-5-2-1-3-6-15/h1-13H,(H,24,25). The Hall–Kier alpha value is -3.42. The van der Waals surface area contributed by atoms with Crippen molar-refractivity contribution in [2.75, 3.05) is 0 Å². The maximum Gasteiger partial charge on any atom is 0.267 e. The first-order valence-electron chi connectivity index (χ1n) is 8.13. The molecule has 2 heterocycles. The van der Waals surface area contributed by atoms with Gasteiger partial charge in [-0.15, -0.1) is 11.3 Å². The van der Waals surface area contributed by atoms with E-state index in [4.69, 9.17) is 0 Å². The lowest BCUT2D eigenvalue weighted by molar-refractivity contribution is 1.22. The van der Waals surface area contributed by atoms with Crippen molar-refractivity contribution in [2.24, 2.45) is 0 Å². The largest absolute Gasteiger partial charge is 0.321 e. The lowest BCUT2D eigenvalue weighted by atomic mass is 10.0. The molecular weight excluding hydrogens is 340 g/mol. The van der Waals surface area contributed by atoms with E-state index < -0.39 is 0 Å². The molecule has 0 fully saturated rings. The molecule has 124 valence electrons. The predicted molar refractivity (Wildman–Crippen MR) is 106 cm³/mol. The Balaban J connectivity index is 1.79. The monoisotopic (exact) mass is 354 g/mol. The maximum absolute atomic E-state index is 12.4. The van der Waals surface area contributed by atoms with Gasteiger partial charge in [-0.3, -0.25) is 4.79 Å². The van der Waals surface area contributed by atoms with E-state index in [-0.39, 0.29) is 11.1 Å². The average Bonchev–Trinajstić information content (AvgIpc) is 3.23. The van der Waals surface area contributed by atoms with Crippen molar-refractivity contribution in [1.29, 1.82) is 5.26 Å². The van der Waals surface area contributed by atoms with Crippen LogP contribution in [0.5, 0.6) is 0 Å². The lowest BCUT2D eigenvalue weighted by Crippen LogP contribution is -2.12. The Morgan fingerprint density at radius 2 is 1.54 bits per heavy atom. The van der Waals surface area contributed by atoms with Crippen LogP contribution in [0.2, 0.25) is 0 Å². The average molecular weight is 354 g/mol. The Kier molecular flexibility index (Phi) is 4.22. The summed E-state index contributed by atoms with van der Waals surface area (Å²) in [5, 5.41) is 11.3. The van der Waals surface area contributed by atoms with Crippen molar-refractivity contribution >= 4 is 11.3 Å². The van der Waals surface area contributed by atoms with Crippen LogP contribution >= 0.6 is 11.3 Å². The topological polar surface area (TPSA) is 56.6 Å². The summed E-state index contributed by atoms with van der Waals surface area (Å²) in [6.07, 6.45) is 0. The third kappa shape index (κ3) is 2.97. The van der Waals surface area contributed by atoms with Crippen LogP contribution in [-0.2, 0) is 0 Å². The van der Waals surface area contributed by atoms with Gasteiger partial charge in [-0.05, 0) is 34.2 Å². The minimum Gasteiger partial charge on any atom is -0.321 e. The van der Waals surface area contributed by atoms with Gasteiger partial charge in [-0.2, -0.15) is 5.26 Å². The van der Waals surface area contributed by atoms with Crippen LogP contribution in [0.4, 0.5) is 0 Å².